The summed E-state index contributed by atoms with van der Waals surface area (Å²) in [7, 11) is 1.41. The molecule has 2 aromatic carbocycles. The van der Waals surface area contributed by atoms with Gasteiger partial charge in [0.2, 0.25) is 0 Å². The Kier molecular flexibility index (Phi) is 4.77. The van der Waals surface area contributed by atoms with Crippen molar-refractivity contribution in [3.63, 3.8) is 0 Å². The maximum absolute atomic E-state index is 12.3. The smallest absolute Gasteiger partial charge is 0.265 e. The number of benzene rings is 2. The zero-order valence-corrected chi connectivity index (χ0v) is 15.1. The summed E-state index contributed by atoms with van der Waals surface area (Å²) >= 11 is 0. The summed E-state index contributed by atoms with van der Waals surface area (Å²) in [6.07, 6.45) is -0.804. The van der Waals surface area contributed by atoms with E-state index in [4.69, 9.17) is 4.74 Å². The van der Waals surface area contributed by atoms with Gasteiger partial charge in [-0.15, -0.1) is 0 Å². The molecule has 138 valence electrons. The number of hydrogen-bond donors (Lipinski definition) is 1. The van der Waals surface area contributed by atoms with Crippen LogP contribution in [0.5, 0.6) is 5.75 Å². The van der Waals surface area contributed by atoms with E-state index in [9.17, 15) is 19.2 Å². The fourth-order valence-electron chi connectivity index (χ4n) is 2.71. The lowest BCUT2D eigenvalue weighted by atomic mass is 10.1. The Morgan fingerprint density at radius 2 is 1.63 bits per heavy atom. The minimum absolute atomic E-state index is 0.0531. The van der Waals surface area contributed by atoms with Crippen LogP contribution >= 0.6 is 0 Å². The fourth-order valence-corrected chi connectivity index (χ4v) is 2.71. The average Bonchev–Trinajstić information content (AvgIpc) is 2.86. The highest BCUT2D eigenvalue weighted by atomic mass is 16.5. The molecule has 7 heteroatoms. The Morgan fingerprint density at radius 1 is 1.00 bits per heavy atom. The van der Waals surface area contributed by atoms with Gasteiger partial charge in [0.1, 0.15) is 5.75 Å². The number of nitrogens with zero attached hydrogens (tertiary/aromatic N) is 1. The van der Waals surface area contributed by atoms with Crippen molar-refractivity contribution in [3.8, 4) is 5.75 Å². The molecular weight excluding hydrogens is 348 g/mol. The lowest BCUT2D eigenvalue weighted by Gasteiger charge is -2.15. The number of carbonyl (C=O) groups is 4. The van der Waals surface area contributed by atoms with Gasteiger partial charge < -0.3 is 10.1 Å². The Bertz CT molecular complexity index is 949. The molecule has 1 heterocycles. The number of rotatable bonds is 5. The molecule has 0 saturated carbocycles. The molecule has 3 rings (SSSR count). The Hall–Kier alpha value is -3.48. The molecule has 0 aromatic heterocycles. The van der Waals surface area contributed by atoms with E-state index in [1.54, 1.807) is 37.3 Å². The van der Waals surface area contributed by atoms with E-state index in [0.717, 1.165) is 4.90 Å². The van der Waals surface area contributed by atoms with Gasteiger partial charge in [0.05, 0.1) is 11.1 Å². The normalized spacial score (nSPS) is 14.0. The van der Waals surface area contributed by atoms with Crippen LogP contribution in [0.15, 0.2) is 42.5 Å². The number of ether oxygens (including phenoxy) is 1. The lowest BCUT2D eigenvalue weighted by molar-refractivity contribution is -0.122. The van der Waals surface area contributed by atoms with E-state index in [1.165, 1.54) is 26.1 Å². The first-order valence-electron chi connectivity index (χ1n) is 8.33. The molecule has 27 heavy (non-hydrogen) atoms. The SMILES string of the molecule is CC(=O)c1ccc(O[C@@H](C)C(=O)Nc2ccc3c(c2)C(=O)N(C)C3=O)cc1. The van der Waals surface area contributed by atoms with Crippen molar-refractivity contribution >= 4 is 29.2 Å². The van der Waals surface area contributed by atoms with Crippen LogP contribution in [0.25, 0.3) is 0 Å². The van der Waals surface area contributed by atoms with Crippen LogP contribution in [0.1, 0.15) is 44.9 Å². The van der Waals surface area contributed by atoms with Crippen LogP contribution in [0.4, 0.5) is 5.69 Å². The predicted octanol–water partition coefficient (Wildman–Crippen LogP) is 2.52. The van der Waals surface area contributed by atoms with Crippen LogP contribution in [0.2, 0.25) is 0 Å². The second-order valence-corrected chi connectivity index (χ2v) is 6.26. The van der Waals surface area contributed by atoms with Crippen LogP contribution < -0.4 is 10.1 Å². The summed E-state index contributed by atoms with van der Waals surface area (Å²) in [6, 6.07) is 11.1. The van der Waals surface area contributed by atoms with Crippen LogP contribution in [0, 0.1) is 0 Å². The average molecular weight is 366 g/mol. The molecule has 1 aliphatic heterocycles. The topological polar surface area (TPSA) is 92.8 Å². The molecule has 0 unspecified atom stereocenters. The largest absolute Gasteiger partial charge is 0.481 e. The van der Waals surface area contributed by atoms with Gasteiger partial charge >= 0.3 is 0 Å². The zero-order chi connectivity index (χ0) is 19.7. The van der Waals surface area contributed by atoms with Crippen LogP contribution in [0.3, 0.4) is 0 Å². The van der Waals surface area contributed by atoms with Gasteiger partial charge in [-0.2, -0.15) is 0 Å². The lowest BCUT2D eigenvalue weighted by Crippen LogP contribution is -2.30. The molecule has 0 aliphatic carbocycles. The van der Waals surface area contributed by atoms with Gasteiger partial charge in [-0.25, -0.2) is 0 Å². The Morgan fingerprint density at radius 3 is 2.26 bits per heavy atom. The number of anilines is 1. The van der Waals surface area contributed by atoms with E-state index < -0.39 is 17.9 Å². The molecular formula is C20H18N2O5. The number of carbonyl (C=O) groups excluding carboxylic acids is 4. The minimum atomic E-state index is -0.804. The number of Topliss-reactive ketones (excluding diaryl/α,β-unsaturated/α-hetero) is 1. The molecule has 1 N–H and O–H groups in total. The third kappa shape index (κ3) is 3.57. The molecule has 1 aliphatic rings. The maximum Gasteiger partial charge on any atom is 0.265 e. The number of fused-ring (bicyclic) bond motifs is 1. The van der Waals surface area contributed by atoms with Gasteiger partial charge in [0.15, 0.2) is 11.9 Å². The number of ketones is 1. The van der Waals surface area contributed by atoms with Crippen molar-refractivity contribution in [2.24, 2.45) is 0 Å². The van der Waals surface area contributed by atoms with E-state index in [0.29, 0.717) is 22.6 Å². The van der Waals surface area contributed by atoms with Gasteiger partial charge in [0, 0.05) is 18.3 Å². The van der Waals surface area contributed by atoms with E-state index >= 15 is 0 Å². The molecule has 0 saturated heterocycles. The predicted molar refractivity (Wildman–Crippen MR) is 98.0 cm³/mol. The van der Waals surface area contributed by atoms with E-state index in [2.05, 4.69) is 5.32 Å². The molecule has 0 radical (unpaired) electrons. The second-order valence-electron chi connectivity index (χ2n) is 6.26. The number of imide groups is 1. The number of amides is 3. The highest BCUT2D eigenvalue weighted by Gasteiger charge is 2.32. The fraction of sp³-hybridized carbons (Fsp3) is 0.200. The Balaban J connectivity index is 1.68. The first kappa shape index (κ1) is 18.3. The van der Waals surface area contributed by atoms with Gasteiger partial charge in [0.25, 0.3) is 17.7 Å². The summed E-state index contributed by atoms with van der Waals surface area (Å²) in [5, 5.41) is 2.67. The van der Waals surface area contributed by atoms with Crippen LogP contribution in [-0.4, -0.2) is 41.6 Å². The third-order valence-corrected chi connectivity index (χ3v) is 4.30. The van der Waals surface area contributed by atoms with Crippen molar-refractivity contribution in [2.45, 2.75) is 20.0 Å². The summed E-state index contributed by atoms with van der Waals surface area (Å²) in [5.74, 6) is -0.767. The molecule has 3 amide bonds. The molecule has 0 bridgehead atoms. The van der Waals surface area contributed by atoms with Crippen LogP contribution in [-0.2, 0) is 4.79 Å². The van der Waals surface area contributed by atoms with Crippen molar-refractivity contribution in [2.75, 3.05) is 12.4 Å². The quantitative estimate of drug-likeness (QED) is 0.648. The first-order valence-corrected chi connectivity index (χ1v) is 8.33. The monoisotopic (exact) mass is 366 g/mol. The zero-order valence-electron chi connectivity index (χ0n) is 15.1. The minimum Gasteiger partial charge on any atom is -0.481 e. The van der Waals surface area contributed by atoms with Crippen molar-refractivity contribution in [1.29, 1.82) is 0 Å². The van der Waals surface area contributed by atoms with Crippen molar-refractivity contribution in [1.82, 2.24) is 4.90 Å². The molecule has 0 spiro atoms. The first-order chi connectivity index (χ1) is 12.8. The highest BCUT2D eigenvalue weighted by Crippen LogP contribution is 2.25. The molecule has 0 fully saturated rings. The number of nitrogens with one attached hydrogen (secondary N) is 1. The molecule has 7 nitrogen and oxygen atoms in total. The van der Waals surface area contributed by atoms with Gasteiger partial charge in [-0.1, -0.05) is 0 Å². The van der Waals surface area contributed by atoms with E-state index in [-0.39, 0.29) is 17.3 Å². The number of hydrogen-bond acceptors (Lipinski definition) is 5. The Labute approximate surface area is 155 Å². The highest BCUT2D eigenvalue weighted by molar-refractivity contribution is 6.21. The van der Waals surface area contributed by atoms with Crippen molar-refractivity contribution in [3.05, 3.63) is 59.2 Å². The van der Waals surface area contributed by atoms with Gasteiger partial charge in [-0.3, -0.25) is 24.1 Å². The third-order valence-electron chi connectivity index (χ3n) is 4.30. The summed E-state index contributed by atoms with van der Waals surface area (Å²) in [4.78, 5) is 48.6. The van der Waals surface area contributed by atoms with Gasteiger partial charge in [-0.05, 0) is 56.3 Å². The van der Waals surface area contributed by atoms with Crippen molar-refractivity contribution < 1.29 is 23.9 Å². The molecule has 1 atom stereocenters. The summed E-state index contributed by atoms with van der Waals surface area (Å²) in [5.41, 5.74) is 1.53. The standard InChI is InChI=1S/C20H18N2O5/c1-11(23)13-4-7-15(8-5-13)27-12(2)18(24)21-14-6-9-16-17(10-14)20(26)22(3)19(16)25/h4-10,12H,1-3H3,(H,21,24)/t12-/m0/s1. The summed E-state index contributed by atoms with van der Waals surface area (Å²) in [6.45, 7) is 3.06. The molecule has 2 aromatic rings. The second kappa shape index (κ2) is 7.03. The summed E-state index contributed by atoms with van der Waals surface area (Å²) < 4.78 is 5.58. The van der Waals surface area contributed by atoms with E-state index in [1.807, 2.05) is 0 Å². The maximum atomic E-state index is 12.3.